The second-order valence-corrected chi connectivity index (χ2v) is 6.53. The normalized spacial score (nSPS) is 12.4. The van der Waals surface area contributed by atoms with Gasteiger partial charge in [-0.1, -0.05) is 24.3 Å². The summed E-state index contributed by atoms with van der Waals surface area (Å²) in [4.78, 5) is 14.6. The van der Waals surface area contributed by atoms with Gasteiger partial charge in [-0.15, -0.1) is 0 Å². The number of hydrogen-bond donors (Lipinski definition) is 2. The Bertz CT molecular complexity index is 671. The summed E-state index contributed by atoms with van der Waals surface area (Å²) in [5.41, 5.74) is 5.61. The average Bonchev–Trinajstić information content (AvgIpc) is 2.85. The summed E-state index contributed by atoms with van der Waals surface area (Å²) in [6.07, 6.45) is 1.83. The monoisotopic (exact) mass is 328 g/mol. The Hall–Kier alpha value is -2.14. The Morgan fingerprint density at radius 2 is 1.96 bits per heavy atom. The zero-order valence-electron chi connectivity index (χ0n) is 15.3. The second kappa shape index (κ2) is 8.11. The Kier molecular flexibility index (Phi) is 6.15. The van der Waals surface area contributed by atoms with Crippen LogP contribution in [-0.4, -0.2) is 41.6 Å². The third-order valence-corrected chi connectivity index (χ3v) is 4.43. The highest BCUT2D eigenvalue weighted by molar-refractivity contribution is 5.83. The second-order valence-electron chi connectivity index (χ2n) is 6.53. The van der Waals surface area contributed by atoms with Crippen molar-refractivity contribution in [3.8, 4) is 0 Å². The summed E-state index contributed by atoms with van der Waals surface area (Å²) in [6.45, 7) is 6.76. The molecule has 0 saturated carbocycles. The molecule has 5 nitrogen and oxygen atoms in total. The summed E-state index contributed by atoms with van der Waals surface area (Å²) < 4.78 is 0. The summed E-state index contributed by atoms with van der Waals surface area (Å²) in [7, 11) is 3.88. The Balaban J connectivity index is 1.93. The molecule has 24 heavy (non-hydrogen) atoms. The number of aromatic amines is 1. The molecule has 0 aliphatic carbocycles. The SMILES string of the molecule is Cc1ccccc1[C@H](C(=O)NCCCc1c(C)n[nH]c1C)N(C)C. The number of aromatic nitrogens is 2. The third kappa shape index (κ3) is 4.23. The molecule has 0 radical (unpaired) electrons. The van der Waals surface area contributed by atoms with Crippen LogP contribution in [0.1, 0.15) is 40.5 Å². The van der Waals surface area contributed by atoms with Gasteiger partial charge in [0.25, 0.3) is 0 Å². The van der Waals surface area contributed by atoms with Crippen LogP contribution >= 0.6 is 0 Å². The van der Waals surface area contributed by atoms with Gasteiger partial charge in [0.15, 0.2) is 0 Å². The zero-order chi connectivity index (χ0) is 17.7. The zero-order valence-corrected chi connectivity index (χ0v) is 15.3. The fourth-order valence-corrected chi connectivity index (χ4v) is 3.06. The van der Waals surface area contributed by atoms with Crippen molar-refractivity contribution in [3.63, 3.8) is 0 Å². The Morgan fingerprint density at radius 3 is 2.54 bits per heavy atom. The van der Waals surface area contributed by atoms with Crippen molar-refractivity contribution in [2.75, 3.05) is 20.6 Å². The van der Waals surface area contributed by atoms with Gasteiger partial charge < -0.3 is 5.32 Å². The standard InChI is InChI=1S/C19H28N4O/c1-13-9-6-7-10-16(13)18(23(4)5)19(24)20-12-8-11-17-14(2)21-22-15(17)3/h6-7,9-10,18H,8,11-12H2,1-5H3,(H,20,24)(H,21,22)/t18-/m1/s1. The van der Waals surface area contributed by atoms with Gasteiger partial charge in [0, 0.05) is 12.2 Å². The van der Waals surface area contributed by atoms with Gasteiger partial charge in [-0.25, -0.2) is 0 Å². The van der Waals surface area contributed by atoms with E-state index in [4.69, 9.17) is 0 Å². The first-order valence-corrected chi connectivity index (χ1v) is 8.42. The minimum Gasteiger partial charge on any atom is -0.354 e. The van der Waals surface area contributed by atoms with Crippen molar-refractivity contribution in [2.24, 2.45) is 0 Å². The number of carbonyl (C=O) groups excluding carboxylic acids is 1. The van der Waals surface area contributed by atoms with Gasteiger partial charge >= 0.3 is 0 Å². The lowest BCUT2D eigenvalue weighted by Crippen LogP contribution is -2.38. The number of likely N-dealkylation sites (N-methyl/N-ethyl adjacent to an activating group) is 1. The highest BCUT2D eigenvalue weighted by Gasteiger charge is 2.23. The molecule has 0 aliphatic rings. The molecule has 0 bridgehead atoms. The minimum absolute atomic E-state index is 0.0509. The van der Waals surface area contributed by atoms with E-state index in [9.17, 15) is 4.79 Å². The lowest BCUT2D eigenvalue weighted by atomic mass is 9.99. The van der Waals surface area contributed by atoms with E-state index in [1.54, 1.807) is 0 Å². The number of amides is 1. The molecule has 2 N–H and O–H groups in total. The van der Waals surface area contributed by atoms with Crippen molar-refractivity contribution in [3.05, 3.63) is 52.3 Å². The van der Waals surface area contributed by atoms with Gasteiger partial charge in [0.05, 0.1) is 5.69 Å². The van der Waals surface area contributed by atoms with E-state index in [-0.39, 0.29) is 11.9 Å². The lowest BCUT2D eigenvalue weighted by Gasteiger charge is -2.25. The smallest absolute Gasteiger partial charge is 0.241 e. The van der Waals surface area contributed by atoms with Crippen molar-refractivity contribution in [1.29, 1.82) is 0 Å². The van der Waals surface area contributed by atoms with Crippen molar-refractivity contribution in [1.82, 2.24) is 20.4 Å². The van der Waals surface area contributed by atoms with Gasteiger partial charge in [0.2, 0.25) is 5.91 Å². The number of benzene rings is 1. The minimum atomic E-state index is -0.261. The fourth-order valence-electron chi connectivity index (χ4n) is 3.06. The van der Waals surface area contributed by atoms with Crippen LogP contribution in [0, 0.1) is 20.8 Å². The summed E-state index contributed by atoms with van der Waals surface area (Å²) in [6, 6.07) is 7.79. The maximum Gasteiger partial charge on any atom is 0.241 e. The van der Waals surface area contributed by atoms with Crippen molar-refractivity contribution >= 4 is 5.91 Å². The van der Waals surface area contributed by atoms with E-state index in [0.29, 0.717) is 6.54 Å². The predicted octanol–water partition coefficient (Wildman–Crippen LogP) is 2.69. The molecule has 2 rings (SSSR count). The summed E-state index contributed by atoms with van der Waals surface area (Å²) in [5.74, 6) is 0.0509. The van der Waals surface area contributed by atoms with E-state index < -0.39 is 0 Å². The predicted molar refractivity (Wildman–Crippen MR) is 97.0 cm³/mol. The first-order valence-electron chi connectivity index (χ1n) is 8.42. The molecule has 0 fully saturated rings. The quantitative estimate of drug-likeness (QED) is 0.768. The summed E-state index contributed by atoms with van der Waals surface area (Å²) >= 11 is 0. The summed E-state index contributed by atoms with van der Waals surface area (Å²) in [5, 5.41) is 10.3. The molecule has 1 aromatic carbocycles. The largest absolute Gasteiger partial charge is 0.354 e. The average molecular weight is 328 g/mol. The number of rotatable bonds is 7. The third-order valence-electron chi connectivity index (χ3n) is 4.43. The molecule has 5 heteroatoms. The van der Waals surface area contributed by atoms with Crippen LogP contribution in [0.25, 0.3) is 0 Å². The maximum atomic E-state index is 12.7. The van der Waals surface area contributed by atoms with Gasteiger partial charge in [0.1, 0.15) is 6.04 Å². The molecule has 0 unspecified atom stereocenters. The highest BCUT2D eigenvalue weighted by Crippen LogP contribution is 2.22. The number of hydrogen-bond acceptors (Lipinski definition) is 3. The molecule has 0 aliphatic heterocycles. The van der Waals surface area contributed by atoms with Crippen LogP contribution in [0.15, 0.2) is 24.3 Å². The molecule has 2 aromatic rings. The molecule has 130 valence electrons. The van der Waals surface area contributed by atoms with Gasteiger partial charge in [-0.2, -0.15) is 5.10 Å². The van der Waals surface area contributed by atoms with Crippen molar-refractivity contribution < 1.29 is 4.79 Å². The van der Waals surface area contributed by atoms with Gasteiger partial charge in [-0.05, 0) is 64.4 Å². The first-order chi connectivity index (χ1) is 11.4. The number of nitrogens with one attached hydrogen (secondary N) is 2. The van der Waals surface area contributed by atoms with E-state index in [1.807, 2.05) is 64.0 Å². The van der Waals surface area contributed by atoms with E-state index >= 15 is 0 Å². The molecular weight excluding hydrogens is 300 g/mol. The fraction of sp³-hybridized carbons (Fsp3) is 0.474. The van der Waals surface area contributed by atoms with Crippen LogP contribution in [0.4, 0.5) is 0 Å². The molecule has 1 heterocycles. The van der Waals surface area contributed by atoms with E-state index in [0.717, 1.165) is 35.4 Å². The molecule has 1 aromatic heterocycles. The molecular formula is C19H28N4O. The van der Waals surface area contributed by atoms with E-state index in [2.05, 4.69) is 15.5 Å². The van der Waals surface area contributed by atoms with Crippen LogP contribution in [0.5, 0.6) is 0 Å². The highest BCUT2D eigenvalue weighted by atomic mass is 16.2. The van der Waals surface area contributed by atoms with Crippen LogP contribution in [0.3, 0.4) is 0 Å². The molecule has 0 saturated heterocycles. The van der Waals surface area contributed by atoms with Crippen LogP contribution in [-0.2, 0) is 11.2 Å². The van der Waals surface area contributed by atoms with Crippen LogP contribution < -0.4 is 5.32 Å². The Labute approximate surface area is 144 Å². The van der Waals surface area contributed by atoms with Gasteiger partial charge in [-0.3, -0.25) is 14.8 Å². The molecule has 1 atom stereocenters. The molecule has 0 spiro atoms. The molecule has 1 amide bonds. The number of H-pyrrole nitrogens is 1. The number of carbonyl (C=O) groups is 1. The van der Waals surface area contributed by atoms with E-state index in [1.165, 1.54) is 5.56 Å². The Morgan fingerprint density at radius 1 is 1.25 bits per heavy atom. The maximum absolute atomic E-state index is 12.7. The number of aryl methyl sites for hydroxylation is 3. The van der Waals surface area contributed by atoms with Crippen LogP contribution in [0.2, 0.25) is 0 Å². The number of nitrogens with zero attached hydrogens (tertiary/aromatic N) is 2. The lowest BCUT2D eigenvalue weighted by molar-refractivity contribution is -0.125. The topological polar surface area (TPSA) is 61.0 Å². The first kappa shape index (κ1) is 18.2. The van der Waals surface area contributed by atoms with Crippen molar-refractivity contribution in [2.45, 2.75) is 39.7 Å².